The number of carbonyl (C=O) groups is 1. The van der Waals surface area contributed by atoms with Gasteiger partial charge >= 0.3 is 6.09 Å². The molecule has 28 heavy (non-hydrogen) atoms. The zero-order chi connectivity index (χ0) is 21.5. The second-order valence-corrected chi connectivity index (χ2v) is 15.3. The summed E-state index contributed by atoms with van der Waals surface area (Å²) in [6.45, 7) is 18.8. The van der Waals surface area contributed by atoms with E-state index in [1.807, 2.05) is 27.7 Å². The van der Waals surface area contributed by atoms with Crippen molar-refractivity contribution in [1.82, 2.24) is 15.1 Å². The smallest absolute Gasteiger partial charge is 0.407 e. The zero-order valence-electron chi connectivity index (χ0n) is 18.9. The van der Waals surface area contributed by atoms with E-state index in [0.717, 1.165) is 12.8 Å². The zero-order valence-corrected chi connectivity index (χ0v) is 19.9. The van der Waals surface area contributed by atoms with E-state index in [2.05, 4.69) is 44.1 Å². The van der Waals surface area contributed by atoms with Gasteiger partial charge in [0.15, 0.2) is 8.32 Å². The molecular formula is C20H37N3O4Si. The number of carboxylic acid groups (broad SMARTS) is 1. The van der Waals surface area contributed by atoms with Crippen LogP contribution in [0, 0.1) is 5.92 Å². The molecule has 1 saturated carbocycles. The van der Waals surface area contributed by atoms with E-state index in [1.54, 1.807) is 4.90 Å². The summed E-state index contributed by atoms with van der Waals surface area (Å²) < 4.78 is 12.2. The largest absolute Gasteiger partial charge is 0.465 e. The van der Waals surface area contributed by atoms with Crippen LogP contribution in [-0.2, 0) is 10.8 Å². The summed E-state index contributed by atoms with van der Waals surface area (Å²) in [5, 5.41) is 18.0. The van der Waals surface area contributed by atoms with Crippen LogP contribution in [-0.4, -0.2) is 46.2 Å². The van der Waals surface area contributed by atoms with Gasteiger partial charge < -0.3 is 18.8 Å². The Morgan fingerprint density at radius 1 is 1.25 bits per heavy atom. The average Bonchev–Trinajstić information content (AvgIpc) is 2.90. The maximum Gasteiger partial charge on any atom is 0.407 e. The Balaban J connectivity index is 1.92. The van der Waals surface area contributed by atoms with E-state index in [1.165, 1.54) is 0 Å². The SMILES string of the molecule is C[C@@H](O[Si](C)(C)C(C)(C)C)c1nnc(CC2CC(N(C(=O)O)C(C)(C)C)C2)o1. The average molecular weight is 412 g/mol. The van der Waals surface area contributed by atoms with Gasteiger partial charge in [0.05, 0.1) is 0 Å². The van der Waals surface area contributed by atoms with E-state index >= 15 is 0 Å². The Bertz CT molecular complexity index is 684. The molecule has 0 bridgehead atoms. The summed E-state index contributed by atoms with van der Waals surface area (Å²) in [5.41, 5.74) is -0.393. The monoisotopic (exact) mass is 411 g/mol. The van der Waals surface area contributed by atoms with Gasteiger partial charge in [-0.2, -0.15) is 0 Å². The van der Waals surface area contributed by atoms with E-state index in [0.29, 0.717) is 24.1 Å². The third kappa shape index (κ3) is 5.14. The molecule has 0 spiro atoms. The highest BCUT2D eigenvalue weighted by molar-refractivity contribution is 6.74. The maximum absolute atomic E-state index is 11.6. The van der Waals surface area contributed by atoms with E-state index in [4.69, 9.17) is 8.84 Å². The van der Waals surface area contributed by atoms with E-state index in [9.17, 15) is 9.90 Å². The molecular weight excluding hydrogens is 374 g/mol. The first kappa shape index (κ1) is 22.9. The van der Waals surface area contributed by atoms with Crippen LogP contribution in [0.2, 0.25) is 18.1 Å². The molecule has 160 valence electrons. The molecule has 7 nitrogen and oxygen atoms in total. The topological polar surface area (TPSA) is 88.7 Å². The van der Waals surface area contributed by atoms with Gasteiger partial charge in [-0.05, 0) is 64.6 Å². The Morgan fingerprint density at radius 2 is 1.82 bits per heavy atom. The highest BCUT2D eigenvalue weighted by Gasteiger charge is 2.42. The minimum atomic E-state index is -1.91. The Labute approximate surface area is 170 Å². The van der Waals surface area contributed by atoms with Gasteiger partial charge in [0.25, 0.3) is 0 Å². The van der Waals surface area contributed by atoms with Gasteiger partial charge in [-0.3, -0.25) is 0 Å². The number of hydrogen-bond donors (Lipinski definition) is 1. The van der Waals surface area contributed by atoms with Crippen LogP contribution in [0.15, 0.2) is 4.42 Å². The van der Waals surface area contributed by atoms with E-state index < -0.39 is 19.9 Å². The van der Waals surface area contributed by atoms with Gasteiger partial charge in [0.2, 0.25) is 11.8 Å². The minimum absolute atomic E-state index is 0.0609. The second kappa shape index (κ2) is 7.78. The van der Waals surface area contributed by atoms with Gasteiger partial charge in [0.1, 0.15) is 6.10 Å². The third-order valence-electron chi connectivity index (χ3n) is 6.08. The number of amides is 1. The van der Waals surface area contributed by atoms with Crippen LogP contribution in [0.4, 0.5) is 4.79 Å². The highest BCUT2D eigenvalue weighted by atomic mass is 28.4. The molecule has 0 aromatic carbocycles. The van der Waals surface area contributed by atoms with Crippen molar-refractivity contribution in [3.8, 4) is 0 Å². The Kier molecular flexibility index (Phi) is 6.36. The molecule has 1 atom stereocenters. The van der Waals surface area contributed by atoms with Crippen LogP contribution in [0.3, 0.4) is 0 Å². The van der Waals surface area contributed by atoms with Crippen molar-refractivity contribution in [3.63, 3.8) is 0 Å². The van der Waals surface area contributed by atoms with Crippen LogP contribution in [0.25, 0.3) is 0 Å². The fraction of sp³-hybridized carbons (Fsp3) is 0.850. The fourth-order valence-electron chi connectivity index (χ4n) is 3.50. The van der Waals surface area contributed by atoms with Gasteiger partial charge in [-0.15, -0.1) is 10.2 Å². The number of aromatic nitrogens is 2. The summed E-state index contributed by atoms with van der Waals surface area (Å²) in [6, 6.07) is 0.0609. The third-order valence-corrected chi connectivity index (χ3v) is 10.6. The molecule has 1 fully saturated rings. The van der Waals surface area contributed by atoms with Crippen molar-refractivity contribution < 1.29 is 18.7 Å². The second-order valence-electron chi connectivity index (χ2n) is 10.6. The Hall–Kier alpha value is -1.41. The van der Waals surface area contributed by atoms with E-state index in [-0.39, 0.29) is 17.2 Å². The van der Waals surface area contributed by atoms with Crippen molar-refractivity contribution in [3.05, 3.63) is 11.8 Å². The van der Waals surface area contributed by atoms with Crippen molar-refractivity contribution in [2.45, 2.75) is 104 Å². The Morgan fingerprint density at radius 3 is 2.29 bits per heavy atom. The normalized spacial score (nSPS) is 21.9. The molecule has 0 unspecified atom stereocenters. The molecule has 0 saturated heterocycles. The van der Waals surface area contributed by atoms with Gasteiger partial charge in [-0.25, -0.2) is 4.79 Å². The first-order valence-electron chi connectivity index (χ1n) is 10.1. The fourth-order valence-corrected chi connectivity index (χ4v) is 4.84. The first-order chi connectivity index (χ1) is 12.6. The molecule has 2 rings (SSSR count). The molecule has 1 aliphatic rings. The molecule has 1 aromatic rings. The molecule has 1 aliphatic carbocycles. The molecule has 1 N–H and O–H groups in total. The number of hydrogen-bond acceptors (Lipinski definition) is 5. The van der Waals surface area contributed by atoms with Crippen LogP contribution >= 0.6 is 0 Å². The highest BCUT2D eigenvalue weighted by Crippen LogP contribution is 2.40. The number of nitrogens with zero attached hydrogens (tertiary/aromatic N) is 3. The molecule has 0 aliphatic heterocycles. The lowest BCUT2D eigenvalue weighted by atomic mass is 9.76. The summed E-state index contributed by atoms with van der Waals surface area (Å²) >= 11 is 0. The predicted octanol–water partition coefficient (Wildman–Crippen LogP) is 5.25. The first-order valence-corrected chi connectivity index (χ1v) is 13.0. The minimum Gasteiger partial charge on any atom is -0.465 e. The van der Waals surface area contributed by atoms with Crippen molar-refractivity contribution in [1.29, 1.82) is 0 Å². The predicted molar refractivity (Wildman–Crippen MR) is 111 cm³/mol. The van der Waals surface area contributed by atoms with Crippen LogP contribution < -0.4 is 0 Å². The molecule has 8 heteroatoms. The summed E-state index contributed by atoms with van der Waals surface area (Å²) in [6.07, 6.45) is 1.27. The molecule has 0 radical (unpaired) electrons. The molecule has 1 amide bonds. The lowest BCUT2D eigenvalue weighted by Gasteiger charge is -2.47. The van der Waals surface area contributed by atoms with Crippen molar-refractivity contribution in [2.75, 3.05) is 0 Å². The molecule has 1 heterocycles. The van der Waals surface area contributed by atoms with Gasteiger partial charge in [-0.1, -0.05) is 20.8 Å². The summed E-state index contributed by atoms with van der Waals surface area (Å²) in [5.74, 6) is 1.51. The van der Waals surface area contributed by atoms with Crippen LogP contribution in [0.5, 0.6) is 0 Å². The molecule has 1 aromatic heterocycles. The standard InChI is InChI=1S/C20H37N3O4Si/c1-13(27-28(8,9)20(5,6)7)17-22-21-16(26-17)12-14-10-15(11-14)23(18(24)25)19(2,3)4/h13-15H,10-12H2,1-9H3,(H,24,25)/t13-,14?,15?/m1/s1. The summed E-state index contributed by atoms with van der Waals surface area (Å²) in [7, 11) is -1.91. The quantitative estimate of drug-likeness (QED) is 0.643. The maximum atomic E-state index is 11.6. The van der Waals surface area contributed by atoms with Crippen molar-refractivity contribution in [2.24, 2.45) is 5.92 Å². The van der Waals surface area contributed by atoms with Crippen LogP contribution in [0.1, 0.15) is 79.2 Å². The summed E-state index contributed by atoms with van der Waals surface area (Å²) in [4.78, 5) is 13.1. The number of rotatable bonds is 6. The lowest BCUT2D eigenvalue weighted by Crippen LogP contribution is -2.56. The van der Waals surface area contributed by atoms with Crippen molar-refractivity contribution >= 4 is 14.4 Å². The van der Waals surface area contributed by atoms with Gasteiger partial charge in [0, 0.05) is 18.0 Å². The lowest BCUT2D eigenvalue weighted by molar-refractivity contribution is 0.0173.